The molecule has 1 atom stereocenters. The van der Waals surface area contributed by atoms with Crippen molar-refractivity contribution in [3.8, 4) is 0 Å². The number of halogens is 1. The van der Waals surface area contributed by atoms with Crippen LogP contribution in [0.1, 0.15) is 29.8 Å². The van der Waals surface area contributed by atoms with Gasteiger partial charge in [0.05, 0.1) is 7.11 Å². The minimum Gasteiger partial charge on any atom is -0.468 e. The van der Waals surface area contributed by atoms with E-state index in [-0.39, 0.29) is 11.5 Å². The Bertz CT molecular complexity index is 466. The highest BCUT2D eigenvalue weighted by atomic mass is 19.1. The number of methoxy groups -OCH3 is 1. The zero-order valence-electron chi connectivity index (χ0n) is 11.0. The second-order valence-electron chi connectivity index (χ2n) is 4.57. The van der Waals surface area contributed by atoms with Gasteiger partial charge < -0.3 is 4.74 Å². The summed E-state index contributed by atoms with van der Waals surface area (Å²) >= 11 is 0. The monoisotopic (exact) mass is 252 g/mol. The molecule has 18 heavy (non-hydrogen) atoms. The number of ketones is 1. The summed E-state index contributed by atoms with van der Waals surface area (Å²) in [5.74, 6) is -2.54. The molecule has 0 saturated carbocycles. The Morgan fingerprint density at radius 2 is 1.89 bits per heavy atom. The topological polar surface area (TPSA) is 43.4 Å². The van der Waals surface area contributed by atoms with Crippen LogP contribution < -0.4 is 0 Å². The third-order valence-electron chi connectivity index (χ3n) is 2.86. The summed E-state index contributed by atoms with van der Waals surface area (Å²) in [5.41, 5.74) is 0.660. The molecular weight excluding hydrogens is 235 g/mol. The molecule has 0 spiro atoms. The van der Waals surface area contributed by atoms with Gasteiger partial charge in [0.2, 0.25) is 0 Å². The van der Waals surface area contributed by atoms with Crippen LogP contribution in [0.3, 0.4) is 0 Å². The highest BCUT2D eigenvalue weighted by Crippen LogP contribution is 2.20. The quantitative estimate of drug-likeness (QED) is 0.470. The molecule has 0 aromatic heterocycles. The normalized spacial score (nSPS) is 12.3. The van der Waals surface area contributed by atoms with Crippen LogP contribution in [0, 0.1) is 24.6 Å². The van der Waals surface area contributed by atoms with Gasteiger partial charge in [-0.1, -0.05) is 26.0 Å². The fraction of sp³-hybridized carbons (Fsp3) is 0.429. The second kappa shape index (κ2) is 5.76. The lowest BCUT2D eigenvalue weighted by Gasteiger charge is -2.17. The first-order valence-corrected chi connectivity index (χ1v) is 5.76. The molecule has 0 amide bonds. The predicted molar refractivity (Wildman–Crippen MR) is 65.8 cm³/mol. The minimum atomic E-state index is -0.892. The maximum Gasteiger partial charge on any atom is 0.316 e. The highest BCUT2D eigenvalue weighted by Gasteiger charge is 2.31. The van der Waals surface area contributed by atoms with Crippen molar-refractivity contribution in [3.05, 3.63) is 35.1 Å². The third-order valence-corrected chi connectivity index (χ3v) is 2.86. The molecule has 1 rings (SSSR count). The Kier molecular flexibility index (Phi) is 4.59. The van der Waals surface area contributed by atoms with Gasteiger partial charge in [0.25, 0.3) is 0 Å². The zero-order chi connectivity index (χ0) is 13.9. The number of Topliss-reactive ketones (excluding diaryl/α,β-unsaturated/α-hetero) is 1. The number of ether oxygens (including phenoxy) is 1. The van der Waals surface area contributed by atoms with Gasteiger partial charge in [-0.05, 0) is 24.5 Å². The molecule has 1 aromatic carbocycles. The van der Waals surface area contributed by atoms with Crippen LogP contribution in [0.15, 0.2) is 18.2 Å². The Labute approximate surface area is 106 Å². The highest BCUT2D eigenvalue weighted by molar-refractivity contribution is 6.08. The molecule has 0 heterocycles. The lowest BCUT2D eigenvalue weighted by molar-refractivity contribution is -0.144. The summed E-state index contributed by atoms with van der Waals surface area (Å²) in [5, 5.41) is 0. The first-order chi connectivity index (χ1) is 8.38. The van der Waals surface area contributed by atoms with Crippen LogP contribution in [-0.2, 0) is 9.53 Å². The van der Waals surface area contributed by atoms with Crippen LogP contribution in [0.2, 0.25) is 0 Å². The molecule has 0 aliphatic carbocycles. The maximum absolute atomic E-state index is 13.4. The first-order valence-electron chi connectivity index (χ1n) is 5.76. The lowest BCUT2D eigenvalue weighted by Crippen LogP contribution is -2.30. The average Bonchev–Trinajstić information content (AvgIpc) is 2.32. The van der Waals surface area contributed by atoms with Gasteiger partial charge in [-0.3, -0.25) is 9.59 Å². The van der Waals surface area contributed by atoms with E-state index in [1.165, 1.54) is 19.2 Å². The van der Waals surface area contributed by atoms with E-state index >= 15 is 0 Å². The second-order valence-corrected chi connectivity index (χ2v) is 4.57. The van der Waals surface area contributed by atoms with Gasteiger partial charge in [0, 0.05) is 5.56 Å². The fourth-order valence-electron chi connectivity index (χ4n) is 1.73. The van der Waals surface area contributed by atoms with Crippen molar-refractivity contribution in [1.29, 1.82) is 0 Å². The number of esters is 1. The van der Waals surface area contributed by atoms with Gasteiger partial charge in [-0.15, -0.1) is 0 Å². The Morgan fingerprint density at radius 1 is 1.28 bits per heavy atom. The average molecular weight is 252 g/mol. The molecular formula is C14H17FO3. The van der Waals surface area contributed by atoms with Crippen molar-refractivity contribution in [2.75, 3.05) is 7.11 Å². The Balaban J connectivity index is 3.10. The van der Waals surface area contributed by atoms with Crippen LogP contribution in [-0.4, -0.2) is 18.9 Å². The van der Waals surface area contributed by atoms with E-state index in [0.717, 1.165) is 6.07 Å². The largest absolute Gasteiger partial charge is 0.468 e. The van der Waals surface area contributed by atoms with E-state index in [9.17, 15) is 14.0 Å². The smallest absolute Gasteiger partial charge is 0.316 e. The molecule has 3 nitrogen and oxygen atoms in total. The van der Waals surface area contributed by atoms with Gasteiger partial charge in [0.15, 0.2) is 5.78 Å². The van der Waals surface area contributed by atoms with Crippen molar-refractivity contribution < 1.29 is 18.7 Å². The fourth-order valence-corrected chi connectivity index (χ4v) is 1.73. The number of rotatable bonds is 4. The molecule has 0 N–H and O–H groups in total. The van der Waals surface area contributed by atoms with Crippen molar-refractivity contribution >= 4 is 11.8 Å². The molecule has 98 valence electrons. The number of carbonyl (C=O) groups excluding carboxylic acids is 2. The first kappa shape index (κ1) is 14.4. The predicted octanol–water partition coefficient (Wildman–Crippen LogP) is 2.76. The van der Waals surface area contributed by atoms with Gasteiger partial charge >= 0.3 is 5.97 Å². The molecule has 0 fully saturated rings. The molecule has 0 aliphatic rings. The lowest BCUT2D eigenvalue weighted by atomic mass is 9.87. The molecule has 0 bridgehead atoms. The van der Waals surface area contributed by atoms with Crippen molar-refractivity contribution in [2.45, 2.75) is 20.8 Å². The summed E-state index contributed by atoms with van der Waals surface area (Å²) in [6.45, 7) is 5.12. The Morgan fingerprint density at radius 3 is 2.33 bits per heavy atom. The number of carbonyl (C=O) groups is 2. The van der Waals surface area contributed by atoms with Crippen LogP contribution in [0.5, 0.6) is 0 Å². The van der Waals surface area contributed by atoms with Gasteiger partial charge in [0.1, 0.15) is 11.7 Å². The van der Waals surface area contributed by atoms with Crippen LogP contribution in [0.4, 0.5) is 4.39 Å². The summed E-state index contributed by atoms with van der Waals surface area (Å²) in [4.78, 5) is 23.8. The molecule has 0 radical (unpaired) electrons. The van der Waals surface area contributed by atoms with E-state index in [1.54, 1.807) is 20.8 Å². The van der Waals surface area contributed by atoms with E-state index < -0.39 is 23.5 Å². The maximum atomic E-state index is 13.4. The van der Waals surface area contributed by atoms with E-state index in [2.05, 4.69) is 4.74 Å². The van der Waals surface area contributed by atoms with Gasteiger partial charge in [-0.25, -0.2) is 4.39 Å². The molecule has 1 unspecified atom stereocenters. The van der Waals surface area contributed by atoms with E-state index in [0.29, 0.717) is 5.56 Å². The minimum absolute atomic E-state index is 0.196. The van der Waals surface area contributed by atoms with Gasteiger partial charge in [-0.2, -0.15) is 0 Å². The van der Waals surface area contributed by atoms with E-state index in [4.69, 9.17) is 0 Å². The zero-order valence-corrected chi connectivity index (χ0v) is 11.0. The SMILES string of the molecule is COC(=O)C(C(=O)c1ccc(C)c(F)c1)C(C)C. The number of aryl methyl sites for hydroxylation is 1. The molecule has 0 saturated heterocycles. The van der Waals surface area contributed by atoms with Crippen LogP contribution in [0.25, 0.3) is 0 Å². The number of hydrogen-bond acceptors (Lipinski definition) is 3. The van der Waals surface area contributed by atoms with Crippen molar-refractivity contribution in [3.63, 3.8) is 0 Å². The van der Waals surface area contributed by atoms with E-state index in [1.807, 2.05) is 0 Å². The number of benzene rings is 1. The number of hydrogen-bond donors (Lipinski definition) is 0. The molecule has 1 aromatic rings. The molecule has 0 aliphatic heterocycles. The molecule has 4 heteroatoms. The van der Waals surface area contributed by atoms with Crippen LogP contribution >= 0.6 is 0 Å². The third kappa shape index (κ3) is 2.94. The standard InChI is InChI=1S/C14H17FO3/c1-8(2)12(14(17)18-4)13(16)10-6-5-9(3)11(15)7-10/h5-8,12H,1-4H3. The summed E-state index contributed by atoms with van der Waals surface area (Å²) < 4.78 is 18.0. The summed E-state index contributed by atoms with van der Waals surface area (Å²) in [6, 6.07) is 4.21. The van der Waals surface area contributed by atoms with Crippen molar-refractivity contribution in [1.82, 2.24) is 0 Å². The summed E-state index contributed by atoms with van der Waals surface area (Å²) in [6.07, 6.45) is 0. The van der Waals surface area contributed by atoms with Crippen molar-refractivity contribution in [2.24, 2.45) is 11.8 Å². The Hall–Kier alpha value is -1.71. The summed E-state index contributed by atoms with van der Waals surface area (Å²) in [7, 11) is 1.24.